The predicted molar refractivity (Wildman–Crippen MR) is 85.1 cm³/mol. The molecule has 0 fully saturated rings. The minimum absolute atomic E-state index is 0.0692. The van der Waals surface area contributed by atoms with E-state index in [9.17, 15) is 4.79 Å². The fourth-order valence-electron chi connectivity index (χ4n) is 2.45. The number of amides is 1. The molecular formula is C16H21N3OS. The second-order valence-corrected chi connectivity index (χ2v) is 6.21. The van der Waals surface area contributed by atoms with Crippen LogP contribution in [-0.2, 0) is 17.8 Å². The fraction of sp³-hybridized carbons (Fsp3) is 0.500. The zero-order valence-corrected chi connectivity index (χ0v) is 13.4. The Morgan fingerprint density at radius 1 is 1.52 bits per heavy atom. The first-order valence-corrected chi connectivity index (χ1v) is 8.19. The smallest absolute Gasteiger partial charge is 0.246 e. The second-order valence-electron chi connectivity index (χ2n) is 5.07. The van der Waals surface area contributed by atoms with Crippen LogP contribution in [0, 0.1) is 11.3 Å². The van der Waals surface area contributed by atoms with Gasteiger partial charge in [-0.3, -0.25) is 4.79 Å². The van der Waals surface area contributed by atoms with Gasteiger partial charge in [-0.15, -0.1) is 11.3 Å². The van der Waals surface area contributed by atoms with Gasteiger partial charge in [0.1, 0.15) is 10.9 Å². The minimum Gasteiger partial charge on any atom is -0.334 e. The van der Waals surface area contributed by atoms with E-state index in [1.165, 1.54) is 16.9 Å². The molecule has 1 amide bonds. The van der Waals surface area contributed by atoms with Crippen LogP contribution < -0.4 is 0 Å². The van der Waals surface area contributed by atoms with Gasteiger partial charge >= 0.3 is 0 Å². The SMILES string of the molecule is CCN(CC)C/C=C/C(=O)N1CCc2cc(C#N)sc2C1. The lowest BCUT2D eigenvalue weighted by molar-refractivity contribution is -0.126. The number of likely N-dealkylation sites (N-methyl/N-ethyl adjacent to an activating group) is 1. The van der Waals surface area contributed by atoms with Crippen molar-refractivity contribution in [2.24, 2.45) is 0 Å². The first kappa shape index (κ1) is 15.7. The Balaban J connectivity index is 1.93. The third kappa shape index (κ3) is 3.93. The number of carbonyl (C=O) groups excluding carboxylic acids is 1. The van der Waals surface area contributed by atoms with Gasteiger partial charge in [0.25, 0.3) is 0 Å². The lowest BCUT2D eigenvalue weighted by Gasteiger charge is -2.25. The zero-order chi connectivity index (χ0) is 15.2. The molecule has 1 aliphatic rings. The van der Waals surface area contributed by atoms with Crippen LogP contribution in [0.5, 0.6) is 0 Å². The third-order valence-corrected chi connectivity index (χ3v) is 4.89. The molecule has 0 unspecified atom stereocenters. The molecule has 0 saturated carbocycles. The molecule has 21 heavy (non-hydrogen) atoms. The third-order valence-electron chi connectivity index (χ3n) is 3.82. The standard InChI is InChI=1S/C16H21N3OS/c1-3-18(4-2)8-5-6-16(20)19-9-7-13-10-14(11-17)21-15(13)12-19/h5-6,10H,3-4,7-9,12H2,1-2H3/b6-5+. The summed E-state index contributed by atoms with van der Waals surface area (Å²) in [7, 11) is 0. The maximum Gasteiger partial charge on any atom is 0.246 e. The van der Waals surface area contributed by atoms with Gasteiger partial charge in [0.15, 0.2) is 0 Å². The molecular weight excluding hydrogens is 282 g/mol. The van der Waals surface area contributed by atoms with Gasteiger partial charge in [-0.25, -0.2) is 0 Å². The van der Waals surface area contributed by atoms with Gasteiger partial charge in [-0.1, -0.05) is 19.9 Å². The molecule has 1 aromatic rings. The predicted octanol–water partition coefficient (Wildman–Crippen LogP) is 2.40. The minimum atomic E-state index is 0.0692. The molecule has 0 aromatic carbocycles. The molecule has 0 radical (unpaired) electrons. The van der Waals surface area contributed by atoms with Crippen LogP contribution in [0.4, 0.5) is 0 Å². The molecule has 2 heterocycles. The number of rotatable bonds is 5. The molecule has 0 N–H and O–H groups in total. The Morgan fingerprint density at radius 2 is 2.29 bits per heavy atom. The van der Waals surface area contributed by atoms with E-state index in [4.69, 9.17) is 5.26 Å². The highest BCUT2D eigenvalue weighted by Crippen LogP contribution is 2.27. The van der Waals surface area contributed by atoms with Crippen molar-refractivity contribution < 1.29 is 4.79 Å². The summed E-state index contributed by atoms with van der Waals surface area (Å²) in [6.45, 7) is 8.42. The average Bonchev–Trinajstić information content (AvgIpc) is 2.93. The molecule has 0 aliphatic carbocycles. The van der Waals surface area contributed by atoms with Crippen molar-refractivity contribution in [3.05, 3.63) is 33.5 Å². The van der Waals surface area contributed by atoms with Crippen LogP contribution >= 0.6 is 11.3 Å². The Morgan fingerprint density at radius 3 is 2.95 bits per heavy atom. The zero-order valence-electron chi connectivity index (χ0n) is 12.6. The summed E-state index contributed by atoms with van der Waals surface area (Å²) in [4.78, 5) is 18.2. The molecule has 0 atom stereocenters. The molecule has 2 rings (SSSR count). The lowest BCUT2D eigenvalue weighted by Crippen LogP contribution is -2.34. The van der Waals surface area contributed by atoms with Gasteiger partial charge in [-0.05, 0) is 31.1 Å². The number of hydrogen-bond donors (Lipinski definition) is 0. The number of fused-ring (bicyclic) bond motifs is 1. The van der Waals surface area contributed by atoms with E-state index < -0.39 is 0 Å². The van der Waals surface area contributed by atoms with Crippen molar-refractivity contribution in [1.82, 2.24) is 9.80 Å². The van der Waals surface area contributed by atoms with Crippen molar-refractivity contribution in [3.8, 4) is 6.07 Å². The van der Waals surface area contributed by atoms with Crippen molar-refractivity contribution in [1.29, 1.82) is 5.26 Å². The molecule has 0 saturated heterocycles. The summed E-state index contributed by atoms with van der Waals surface area (Å²) in [6.07, 6.45) is 4.48. The monoisotopic (exact) mass is 303 g/mol. The first-order chi connectivity index (χ1) is 10.2. The van der Waals surface area contributed by atoms with Crippen molar-refractivity contribution in [3.63, 3.8) is 0 Å². The highest BCUT2D eigenvalue weighted by molar-refractivity contribution is 7.12. The summed E-state index contributed by atoms with van der Waals surface area (Å²) in [6, 6.07) is 4.14. The van der Waals surface area contributed by atoms with Gasteiger partial charge in [0.2, 0.25) is 5.91 Å². The molecule has 5 heteroatoms. The Bertz CT molecular complexity index is 567. The summed E-state index contributed by atoms with van der Waals surface area (Å²) in [5.74, 6) is 0.0692. The summed E-state index contributed by atoms with van der Waals surface area (Å²) in [5, 5.41) is 8.94. The second kappa shape index (κ2) is 7.39. The quantitative estimate of drug-likeness (QED) is 0.785. The van der Waals surface area contributed by atoms with Crippen LogP contribution in [0.25, 0.3) is 0 Å². The van der Waals surface area contributed by atoms with Crippen LogP contribution in [0.3, 0.4) is 0 Å². The molecule has 0 spiro atoms. The van der Waals surface area contributed by atoms with E-state index in [-0.39, 0.29) is 5.91 Å². The highest BCUT2D eigenvalue weighted by Gasteiger charge is 2.21. The summed E-state index contributed by atoms with van der Waals surface area (Å²) >= 11 is 1.51. The van der Waals surface area contributed by atoms with Gasteiger partial charge in [0, 0.05) is 24.0 Å². The Labute approximate surface area is 130 Å². The maximum atomic E-state index is 12.2. The average molecular weight is 303 g/mol. The number of nitrogens with zero attached hydrogens (tertiary/aromatic N) is 3. The fourth-order valence-corrected chi connectivity index (χ4v) is 3.48. The van der Waals surface area contributed by atoms with Gasteiger partial charge < -0.3 is 9.80 Å². The van der Waals surface area contributed by atoms with Crippen molar-refractivity contribution in [2.75, 3.05) is 26.2 Å². The Hall–Kier alpha value is -1.64. The molecule has 4 nitrogen and oxygen atoms in total. The van der Waals surface area contributed by atoms with E-state index in [1.54, 1.807) is 6.08 Å². The lowest BCUT2D eigenvalue weighted by atomic mass is 10.1. The van der Waals surface area contributed by atoms with Crippen molar-refractivity contribution >= 4 is 17.2 Å². The van der Waals surface area contributed by atoms with E-state index in [1.807, 2.05) is 17.0 Å². The largest absolute Gasteiger partial charge is 0.334 e. The van der Waals surface area contributed by atoms with Crippen LogP contribution in [0.1, 0.15) is 29.2 Å². The van der Waals surface area contributed by atoms with E-state index in [0.717, 1.165) is 42.4 Å². The molecule has 1 aromatic heterocycles. The Kier molecular flexibility index (Phi) is 5.54. The number of nitriles is 1. The maximum absolute atomic E-state index is 12.2. The molecule has 112 valence electrons. The summed E-state index contributed by atoms with van der Waals surface area (Å²) < 4.78 is 0. The normalized spacial score (nSPS) is 14.5. The molecule has 1 aliphatic heterocycles. The first-order valence-electron chi connectivity index (χ1n) is 7.37. The van der Waals surface area contributed by atoms with E-state index in [0.29, 0.717) is 6.54 Å². The summed E-state index contributed by atoms with van der Waals surface area (Å²) in [5.41, 5.74) is 1.23. The molecule has 0 bridgehead atoms. The van der Waals surface area contributed by atoms with Crippen molar-refractivity contribution in [2.45, 2.75) is 26.8 Å². The van der Waals surface area contributed by atoms with Gasteiger partial charge in [0.05, 0.1) is 6.54 Å². The highest BCUT2D eigenvalue weighted by atomic mass is 32.1. The number of thiophene rings is 1. The number of carbonyl (C=O) groups is 1. The van der Waals surface area contributed by atoms with E-state index in [2.05, 4.69) is 24.8 Å². The topological polar surface area (TPSA) is 47.3 Å². The van der Waals surface area contributed by atoms with Crippen LogP contribution in [0.15, 0.2) is 18.2 Å². The van der Waals surface area contributed by atoms with E-state index >= 15 is 0 Å². The van der Waals surface area contributed by atoms with Crippen LogP contribution in [0.2, 0.25) is 0 Å². The van der Waals surface area contributed by atoms with Gasteiger partial charge in [-0.2, -0.15) is 5.26 Å². The van der Waals surface area contributed by atoms with Crippen LogP contribution in [-0.4, -0.2) is 41.9 Å². The number of hydrogen-bond acceptors (Lipinski definition) is 4.